The highest BCUT2D eigenvalue weighted by Crippen LogP contribution is 2.31. The molecule has 0 aliphatic heterocycles. The van der Waals surface area contributed by atoms with E-state index in [2.05, 4.69) is 30.9 Å². The van der Waals surface area contributed by atoms with Gasteiger partial charge in [0.2, 0.25) is 0 Å². The topological polar surface area (TPSA) is 12.0 Å². The molecule has 0 saturated heterocycles. The Morgan fingerprint density at radius 3 is 2.81 bits per heavy atom. The van der Waals surface area contributed by atoms with E-state index >= 15 is 0 Å². The number of nitrogens with one attached hydrogen (secondary N) is 1. The largest absolute Gasteiger partial charge is 0.316 e. The van der Waals surface area contributed by atoms with Gasteiger partial charge >= 0.3 is 0 Å². The molecule has 96 valence electrons. The van der Waals surface area contributed by atoms with Crippen molar-refractivity contribution in [3.63, 3.8) is 0 Å². The highest BCUT2D eigenvalue weighted by atomic mass is 32.2. The third-order valence-corrected chi connectivity index (χ3v) is 4.82. The number of rotatable bonds is 8. The van der Waals surface area contributed by atoms with Gasteiger partial charge in [-0.2, -0.15) is 11.8 Å². The zero-order valence-electron chi connectivity index (χ0n) is 11.1. The lowest BCUT2D eigenvalue weighted by molar-refractivity contribution is 0.394. The highest BCUT2D eigenvalue weighted by Gasteiger charge is 2.18. The first-order valence-electron chi connectivity index (χ1n) is 7.15. The van der Waals surface area contributed by atoms with E-state index in [0.29, 0.717) is 0 Å². The van der Waals surface area contributed by atoms with Gasteiger partial charge in [-0.05, 0) is 31.7 Å². The summed E-state index contributed by atoms with van der Waals surface area (Å²) in [5, 5.41) is 4.51. The van der Waals surface area contributed by atoms with E-state index in [9.17, 15) is 0 Å². The van der Waals surface area contributed by atoms with E-state index in [0.717, 1.165) is 11.2 Å². The van der Waals surface area contributed by atoms with E-state index in [1.54, 1.807) is 0 Å². The molecular formula is C14H29NS. The van der Waals surface area contributed by atoms with Gasteiger partial charge in [0.25, 0.3) is 0 Å². The maximum absolute atomic E-state index is 3.55. The predicted molar refractivity (Wildman–Crippen MR) is 76.3 cm³/mol. The second-order valence-electron chi connectivity index (χ2n) is 5.22. The average Bonchev–Trinajstić information content (AvgIpc) is 2.28. The lowest BCUT2D eigenvalue weighted by atomic mass is 9.91. The lowest BCUT2D eigenvalue weighted by Crippen LogP contribution is -2.21. The quantitative estimate of drug-likeness (QED) is 0.645. The third kappa shape index (κ3) is 6.80. The predicted octanol–water partition coefficient (Wildman–Crippen LogP) is 4.08. The Labute approximate surface area is 106 Å². The Balaban J connectivity index is 1.86. The van der Waals surface area contributed by atoms with Crippen LogP contribution in [0.25, 0.3) is 0 Å². The van der Waals surface area contributed by atoms with Crippen LogP contribution in [0.1, 0.15) is 58.8 Å². The van der Waals surface area contributed by atoms with Crippen LogP contribution in [-0.2, 0) is 0 Å². The SMILES string of the molecule is CCCCCNCCSC1CCCC(C)C1. The number of thioether (sulfide) groups is 1. The number of hydrogen-bond donors (Lipinski definition) is 1. The lowest BCUT2D eigenvalue weighted by Gasteiger charge is -2.26. The van der Waals surface area contributed by atoms with Gasteiger partial charge < -0.3 is 5.32 Å². The molecule has 1 aliphatic rings. The molecule has 0 aromatic carbocycles. The fourth-order valence-electron chi connectivity index (χ4n) is 2.45. The first kappa shape index (κ1) is 14.4. The summed E-state index contributed by atoms with van der Waals surface area (Å²) in [6, 6.07) is 0. The molecule has 0 heterocycles. The Hall–Kier alpha value is 0.310. The van der Waals surface area contributed by atoms with Gasteiger partial charge in [0.05, 0.1) is 0 Å². The monoisotopic (exact) mass is 243 g/mol. The first-order chi connectivity index (χ1) is 7.83. The van der Waals surface area contributed by atoms with Crippen LogP contribution < -0.4 is 5.32 Å². The van der Waals surface area contributed by atoms with E-state index < -0.39 is 0 Å². The van der Waals surface area contributed by atoms with Crippen molar-refractivity contribution < 1.29 is 0 Å². The molecule has 1 fully saturated rings. The molecule has 2 unspecified atom stereocenters. The molecule has 0 amide bonds. The van der Waals surface area contributed by atoms with Gasteiger partial charge in [-0.25, -0.2) is 0 Å². The van der Waals surface area contributed by atoms with Crippen LogP contribution in [0.15, 0.2) is 0 Å². The van der Waals surface area contributed by atoms with Crippen molar-refractivity contribution in [2.45, 2.75) is 64.0 Å². The van der Waals surface area contributed by atoms with Crippen molar-refractivity contribution in [1.82, 2.24) is 5.32 Å². The minimum Gasteiger partial charge on any atom is -0.316 e. The molecule has 0 spiro atoms. The molecule has 2 atom stereocenters. The Morgan fingerprint density at radius 1 is 1.19 bits per heavy atom. The van der Waals surface area contributed by atoms with Crippen molar-refractivity contribution in [3.8, 4) is 0 Å². The normalized spacial score (nSPS) is 25.9. The second-order valence-corrected chi connectivity index (χ2v) is 6.63. The Bertz CT molecular complexity index is 161. The summed E-state index contributed by atoms with van der Waals surface area (Å²) < 4.78 is 0. The summed E-state index contributed by atoms with van der Waals surface area (Å²) in [6.07, 6.45) is 9.90. The summed E-state index contributed by atoms with van der Waals surface area (Å²) in [6.45, 7) is 7.10. The molecule has 2 heteroatoms. The molecule has 0 aromatic heterocycles. The van der Waals surface area contributed by atoms with Gasteiger partial charge in [0, 0.05) is 17.5 Å². The summed E-state index contributed by atoms with van der Waals surface area (Å²) >= 11 is 2.20. The number of hydrogen-bond acceptors (Lipinski definition) is 2. The van der Waals surface area contributed by atoms with Gasteiger partial charge in [-0.3, -0.25) is 0 Å². The minimum absolute atomic E-state index is 0.959. The molecule has 1 nitrogen and oxygen atoms in total. The van der Waals surface area contributed by atoms with Gasteiger partial charge in [-0.15, -0.1) is 0 Å². The van der Waals surface area contributed by atoms with Crippen LogP contribution in [0.4, 0.5) is 0 Å². The van der Waals surface area contributed by atoms with Crippen molar-refractivity contribution in [1.29, 1.82) is 0 Å². The van der Waals surface area contributed by atoms with E-state index in [-0.39, 0.29) is 0 Å². The summed E-state index contributed by atoms with van der Waals surface area (Å²) in [5.74, 6) is 2.28. The van der Waals surface area contributed by atoms with Crippen LogP contribution in [0.3, 0.4) is 0 Å². The fraction of sp³-hybridized carbons (Fsp3) is 1.00. The van der Waals surface area contributed by atoms with Crippen LogP contribution in [0.5, 0.6) is 0 Å². The number of unbranched alkanes of at least 4 members (excludes halogenated alkanes) is 2. The summed E-state index contributed by atoms with van der Waals surface area (Å²) in [5.41, 5.74) is 0. The molecule has 1 N–H and O–H groups in total. The molecule has 0 aromatic rings. The van der Waals surface area contributed by atoms with Crippen LogP contribution in [0.2, 0.25) is 0 Å². The molecule has 0 bridgehead atoms. The van der Waals surface area contributed by atoms with E-state index in [1.165, 1.54) is 63.8 Å². The smallest absolute Gasteiger partial charge is 0.00608 e. The van der Waals surface area contributed by atoms with Crippen molar-refractivity contribution in [3.05, 3.63) is 0 Å². The zero-order valence-corrected chi connectivity index (χ0v) is 12.0. The highest BCUT2D eigenvalue weighted by molar-refractivity contribution is 7.99. The van der Waals surface area contributed by atoms with Crippen molar-refractivity contribution in [2.75, 3.05) is 18.8 Å². The van der Waals surface area contributed by atoms with Gasteiger partial charge in [0.1, 0.15) is 0 Å². The van der Waals surface area contributed by atoms with Gasteiger partial charge in [0.15, 0.2) is 0 Å². The molecule has 1 aliphatic carbocycles. The summed E-state index contributed by atoms with van der Waals surface area (Å²) in [4.78, 5) is 0. The maximum atomic E-state index is 3.55. The van der Waals surface area contributed by atoms with Crippen LogP contribution in [-0.4, -0.2) is 24.1 Å². The van der Waals surface area contributed by atoms with Crippen LogP contribution >= 0.6 is 11.8 Å². The van der Waals surface area contributed by atoms with E-state index in [1.807, 2.05) is 0 Å². The van der Waals surface area contributed by atoms with Crippen LogP contribution in [0, 0.1) is 5.92 Å². The molecule has 1 saturated carbocycles. The fourth-order valence-corrected chi connectivity index (χ4v) is 3.85. The van der Waals surface area contributed by atoms with Crippen molar-refractivity contribution >= 4 is 11.8 Å². The average molecular weight is 243 g/mol. The molecule has 16 heavy (non-hydrogen) atoms. The third-order valence-electron chi connectivity index (χ3n) is 3.48. The van der Waals surface area contributed by atoms with Gasteiger partial charge in [-0.1, -0.05) is 39.5 Å². The molecular weight excluding hydrogens is 214 g/mol. The second kappa shape index (κ2) is 9.35. The molecule has 0 radical (unpaired) electrons. The first-order valence-corrected chi connectivity index (χ1v) is 8.20. The Kier molecular flexibility index (Phi) is 8.40. The van der Waals surface area contributed by atoms with Crippen molar-refractivity contribution in [2.24, 2.45) is 5.92 Å². The molecule has 1 rings (SSSR count). The van der Waals surface area contributed by atoms with E-state index in [4.69, 9.17) is 0 Å². The summed E-state index contributed by atoms with van der Waals surface area (Å²) in [7, 11) is 0. The maximum Gasteiger partial charge on any atom is 0.00608 e. The zero-order chi connectivity index (χ0) is 11.6. The Morgan fingerprint density at radius 2 is 2.06 bits per heavy atom. The standard InChI is InChI=1S/C14H29NS/c1-3-4-5-9-15-10-11-16-14-8-6-7-13(2)12-14/h13-15H,3-12H2,1-2H3. The minimum atomic E-state index is 0.959.